The Morgan fingerprint density at radius 2 is 1.76 bits per heavy atom. The number of piperidine rings is 1. The molecule has 2 amide bonds. The van der Waals surface area contributed by atoms with Gasteiger partial charge in [0.1, 0.15) is 5.75 Å². The fourth-order valence-electron chi connectivity index (χ4n) is 3.56. The summed E-state index contributed by atoms with van der Waals surface area (Å²) in [6.07, 6.45) is 1.44. The standard InChI is InChI=1S/C23H28ClN3O5S/c24-19-5-4-8-21(17-19)33(30,31)26-13-12-25-23(29)18-9-14-27(15-10-18)22(28)11-16-32-20-6-2-1-3-7-20/h1-8,17-18,26H,9-16H2,(H,25,29). The van der Waals surface area contributed by atoms with Gasteiger partial charge in [-0.25, -0.2) is 13.1 Å². The molecule has 0 aromatic heterocycles. The fraction of sp³-hybridized carbons (Fsp3) is 0.391. The molecule has 0 radical (unpaired) electrons. The largest absolute Gasteiger partial charge is 0.493 e. The lowest BCUT2D eigenvalue weighted by molar-refractivity contribution is -0.136. The Hall–Kier alpha value is -2.62. The molecule has 2 aromatic rings. The van der Waals surface area contributed by atoms with Gasteiger partial charge in [0.2, 0.25) is 21.8 Å². The topological polar surface area (TPSA) is 105 Å². The molecule has 1 saturated heterocycles. The van der Waals surface area contributed by atoms with Crippen LogP contribution in [0, 0.1) is 5.92 Å². The van der Waals surface area contributed by atoms with Crippen LogP contribution in [0.15, 0.2) is 59.5 Å². The van der Waals surface area contributed by atoms with Crippen LogP contribution in [-0.2, 0) is 19.6 Å². The second-order valence-electron chi connectivity index (χ2n) is 7.71. The van der Waals surface area contributed by atoms with Gasteiger partial charge in [-0.15, -0.1) is 0 Å². The first-order chi connectivity index (χ1) is 15.8. The number of rotatable bonds is 10. The third-order valence-electron chi connectivity index (χ3n) is 5.37. The summed E-state index contributed by atoms with van der Waals surface area (Å²) in [5, 5.41) is 3.10. The average molecular weight is 494 g/mol. The number of carbonyl (C=O) groups excluding carboxylic acids is 2. The minimum atomic E-state index is -3.69. The molecule has 2 N–H and O–H groups in total. The molecule has 1 aliphatic rings. The van der Waals surface area contributed by atoms with Crippen LogP contribution in [0.3, 0.4) is 0 Å². The lowest BCUT2D eigenvalue weighted by Gasteiger charge is -2.31. The number of carbonyl (C=O) groups is 2. The van der Waals surface area contributed by atoms with Crippen molar-refractivity contribution in [3.63, 3.8) is 0 Å². The number of hydrogen-bond acceptors (Lipinski definition) is 5. The Kier molecular flexibility index (Phi) is 9.11. The summed E-state index contributed by atoms with van der Waals surface area (Å²) in [6.45, 7) is 1.59. The van der Waals surface area contributed by atoms with Crippen molar-refractivity contribution in [2.75, 3.05) is 32.8 Å². The van der Waals surface area contributed by atoms with Crippen molar-refractivity contribution in [2.24, 2.45) is 5.92 Å². The Morgan fingerprint density at radius 3 is 2.45 bits per heavy atom. The van der Waals surface area contributed by atoms with E-state index in [2.05, 4.69) is 10.0 Å². The first-order valence-electron chi connectivity index (χ1n) is 10.8. The van der Waals surface area contributed by atoms with Crippen molar-refractivity contribution in [1.82, 2.24) is 14.9 Å². The molecule has 0 aliphatic carbocycles. The Labute approximate surface area is 199 Å². The van der Waals surface area contributed by atoms with Gasteiger partial charge in [-0.1, -0.05) is 35.9 Å². The molecule has 1 aliphatic heterocycles. The number of amides is 2. The Bertz CT molecular complexity index is 1040. The quantitative estimate of drug-likeness (QED) is 0.495. The van der Waals surface area contributed by atoms with Crippen molar-refractivity contribution in [1.29, 1.82) is 0 Å². The van der Waals surface area contributed by atoms with Gasteiger partial charge in [0.25, 0.3) is 0 Å². The summed E-state index contributed by atoms with van der Waals surface area (Å²) < 4.78 is 32.5. The van der Waals surface area contributed by atoms with Gasteiger partial charge >= 0.3 is 0 Å². The van der Waals surface area contributed by atoms with Gasteiger partial charge in [0, 0.05) is 37.1 Å². The summed E-state index contributed by atoms with van der Waals surface area (Å²) in [5.41, 5.74) is 0. The monoisotopic (exact) mass is 493 g/mol. The van der Waals surface area contributed by atoms with E-state index in [4.69, 9.17) is 16.3 Å². The number of sulfonamides is 1. The maximum atomic E-state index is 12.4. The normalized spacial score (nSPS) is 14.6. The molecule has 1 heterocycles. The third kappa shape index (κ3) is 7.73. The second-order valence-corrected chi connectivity index (χ2v) is 9.92. The number of hydrogen-bond donors (Lipinski definition) is 2. The second kappa shape index (κ2) is 12.0. The highest BCUT2D eigenvalue weighted by atomic mass is 35.5. The van der Waals surface area contributed by atoms with E-state index in [-0.39, 0.29) is 35.7 Å². The number of ether oxygens (including phenoxy) is 1. The highest BCUT2D eigenvalue weighted by Crippen LogP contribution is 2.18. The van der Waals surface area contributed by atoms with Crippen LogP contribution in [0.1, 0.15) is 19.3 Å². The van der Waals surface area contributed by atoms with E-state index >= 15 is 0 Å². The van der Waals surface area contributed by atoms with Crippen LogP contribution >= 0.6 is 11.6 Å². The molecule has 8 nitrogen and oxygen atoms in total. The minimum absolute atomic E-state index is 0.0141. The van der Waals surface area contributed by atoms with Crippen LogP contribution in [-0.4, -0.2) is 57.9 Å². The lowest BCUT2D eigenvalue weighted by Crippen LogP contribution is -2.44. The van der Waals surface area contributed by atoms with Crippen molar-refractivity contribution < 1.29 is 22.7 Å². The van der Waals surface area contributed by atoms with Crippen molar-refractivity contribution in [2.45, 2.75) is 24.2 Å². The predicted molar refractivity (Wildman–Crippen MR) is 126 cm³/mol. The molecule has 0 bridgehead atoms. The maximum absolute atomic E-state index is 12.4. The van der Waals surface area contributed by atoms with Gasteiger partial charge in [0.15, 0.2) is 0 Å². The van der Waals surface area contributed by atoms with E-state index in [9.17, 15) is 18.0 Å². The van der Waals surface area contributed by atoms with E-state index in [1.165, 1.54) is 12.1 Å². The third-order valence-corrected chi connectivity index (χ3v) is 7.06. The highest BCUT2D eigenvalue weighted by Gasteiger charge is 2.27. The summed E-state index contributed by atoms with van der Waals surface area (Å²) in [6, 6.07) is 15.3. The van der Waals surface area contributed by atoms with Gasteiger partial charge in [0.05, 0.1) is 17.9 Å². The van der Waals surface area contributed by atoms with E-state index in [0.29, 0.717) is 44.0 Å². The molecule has 3 rings (SSSR count). The molecular weight excluding hydrogens is 466 g/mol. The summed E-state index contributed by atoms with van der Waals surface area (Å²) in [4.78, 5) is 26.6. The number of halogens is 1. The highest BCUT2D eigenvalue weighted by molar-refractivity contribution is 7.89. The van der Waals surface area contributed by atoms with Gasteiger partial charge in [-0.3, -0.25) is 9.59 Å². The smallest absolute Gasteiger partial charge is 0.240 e. The Balaban J connectivity index is 1.32. The first-order valence-corrected chi connectivity index (χ1v) is 12.7. The SMILES string of the molecule is O=C(NCCNS(=O)(=O)c1cccc(Cl)c1)C1CCN(C(=O)CCOc2ccccc2)CC1. The van der Waals surface area contributed by atoms with Crippen molar-refractivity contribution >= 4 is 33.4 Å². The molecule has 10 heteroatoms. The number of nitrogens with one attached hydrogen (secondary N) is 2. The molecule has 0 spiro atoms. The molecule has 178 valence electrons. The van der Waals surface area contributed by atoms with Crippen molar-refractivity contribution in [3.8, 4) is 5.75 Å². The molecule has 2 aromatic carbocycles. The van der Waals surface area contributed by atoms with E-state index < -0.39 is 10.0 Å². The summed E-state index contributed by atoms with van der Waals surface area (Å²) >= 11 is 5.84. The molecule has 0 atom stereocenters. The van der Waals surface area contributed by atoms with Crippen LogP contribution in [0.2, 0.25) is 5.02 Å². The van der Waals surface area contributed by atoms with Gasteiger partial charge < -0.3 is 15.0 Å². The number of benzene rings is 2. The van der Waals surface area contributed by atoms with Crippen molar-refractivity contribution in [3.05, 3.63) is 59.6 Å². The molecule has 0 saturated carbocycles. The van der Waals surface area contributed by atoms with E-state index in [1.807, 2.05) is 30.3 Å². The Morgan fingerprint density at radius 1 is 1.03 bits per heavy atom. The molecule has 0 unspecified atom stereocenters. The average Bonchev–Trinajstić information content (AvgIpc) is 2.82. The number of likely N-dealkylation sites (tertiary alicyclic amines) is 1. The molecule has 33 heavy (non-hydrogen) atoms. The van der Waals surface area contributed by atoms with Gasteiger partial charge in [-0.2, -0.15) is 0 Å². The van der Waals surface area contributed by atoms with Gasteiger partial charge in [-0.05, 0) is 43.2 Å². The zero-order valence-electron chi connectivity index (χ0n) is 18.2. The predicted octanol–water partition coefficient (Wildman–Crippen LogP) is 2.44. The van der Waals surface area contributed by atoms with Crippen LogP contribution < -0.4 is 14.8 Å². The number of nitrogens with zero attached hydrogens (tertiary/aromatic N) is 1. The fourth-order valence-corrected chi connectivity index (χ4v) is 4.89. The zero-order valence-corrected chi connectivity index (χ0v) is 19.8. The van der Waals surface area contributed by atoms with E-state index in [0.717, 1.165) is 5.75 Å². The zero-order chi connectivity index (χ0) is 23.7. The number of para-hydroxylation sites is 1. The summed E-state index contributed by atoms with van der Waals surface area (Å²) in [7, 11) is -3.69. The molecule has 1 fully saturated rings. The maximum Gasteiger partial charge on any atom is 0.240 e. The van der Waals surface area contributed by atoms with E-state index in [1.54, 1.807) is 17.0 Å². The van der Waals surface area contributed by atoms with Crippen LogP contribution in [0.5, 0.6) is 5.75 Å². The van der Waals surface area contributed by atoms with Crippen LogP contribution in [0.25, 0.3) is 0 Å². The minimum Gasteiger partial charge on any atom is -0.493 e. The summed E-state index contributed by atoms with van der Waals surface area (Å²) in [5.74, 6) is 0.423. The first kappa shape index (κ1) is 25.0. The van der Waals surface area contributed by atoms with Crippen LogP contribution in [0.4, 0.5) is 0 Å². The molecular formula is C23H28ClN3O5S. The lowest BCUT2D eigenvalue weighted by atomic mass is 9.95.